The van der Waals surface area contributed by atoms with Gasteiger partial charge in [-0.15, -0.1) is 0 Å². The number of unbranched alkanes of at least 4 members (excludes halogenated alkanes) is 11. The topological polar surface area (TPSA) is 110 Å². The zero-order valence-corrected chi connectivity index (χ0v) is 17.7. The molecule has 0 heterocycles. The van der Waals surface area contributed by atoms with Crippen molar-refractivity contribution in [3.63, 3.8) is 0 Å². The van der Waals surface area contributed by atoms with Crippen LogP contribution in [0.5, 0.6) is 0 Å². The van der Waals surface area contributed by atoms with Crippen molar-refractivity contribution in [3.8, 4) is 0 Å². The molecule has 0 bridgehead atoms. The molecule has 0 radical (unpaired) electrons. The maximum atomic E-state index is 10.3. The van der Waals surface area contributed by atoms with Gasteiger partial charge in [0.2, 0.25) is 0 Å². The van der Waals surface area contributed by atoms with Gasteiger partial charge in [0.25, 0.3) is 0 Å². The minimum absolute atomic E-state index is 0.317. The average Bonchev–Trinajstić information content (AvgIpc) is 2.65. The molecule has 0 aliphatic carbocycles. The van der Waals surface area contributed by atoms with Crippen molar-refractivity contribution in [1.29, 1.82) is 0 Å². The van der Waals surface area contributed by atoms with Gasteiger partial charge in [0.1, 0.15) is 0 Å². The molecule has 1 atom stereocenters. The molecule has 0 amide bonds. The lowest BCUT2D eigenvalue weighted by molar-refractivity contribution is -0.137. The Bertz CT molecular complexity index is 323. The summed E-state index contributed by atoms with van der Waals surface area (Å²) in [5.41, 5.74) is 10.1. The Morgan fingerprint density at radius 2 is 1.33 bits per heavy atom. The number of carboxylic acids is 1. The summed E-state index contributed by atoms with van der Waals surface area (Å²) in [6.45, 7) is 3.09. The number of nitrogens with two attached hydrogens (primary N) is 2. The van der Waals surface area contributed by atoms with E-state index in [4.69, 9.17) is 21.7 Å². The lowest BCUT2D eigenvalue weighted by Gasteiger charge is -2.01. The van der Waals surface area contributed by atoms with Gasteiger partial charge in [0, 0.05) is 13.0 Å². The molecule has 5 heteroatoms. The van der Waals surface area contributed by atoms with Gasteiger partial charge in [-0.1, -0.05) is 70.4 Å². The first-order valence-electron chi connectivity index (χ1n) is 11.0. The van der Waals surface area contributed by atoms with Crippen molar-refractivity contribution in [2.75, 3.05) is 13.1 Å². The fourth-order valence-electron chi connectivity index (χ4n) is 2.66. The van der Waals surface area contributed by atoms with Crippen LogP contribution in [0.3, 0.4) is 0 Å². The Labute approximate surface area is 167 Å². The van der Waals surface area contributed by atoms with Crippen LogP contribution in [0.15, 0.2) is 12.2 Å². The van der Waals surface area contributed by atoms with Gasteiger partial charge in [0.15, 0.2) is 0 Å². The summed E-state index contributed by atoms with van der Waals surface area (Å²) >= 11 is 0. The summed E-state index contributed by atoms with van der Waals surface area (Å²) < 4.78 is 0. The van der Waals surface area contributed by atoms with Crippen molar-refractivity contribution in [1.82, 2.24) is 0 Å². The molecule has 0 spiro atoms. The first kappa shape index (κ1) is 28.3. The van der Waals surface area contributed by atoms with E-state index >= 15 is 0 Å². The average molecular weight is 387 g/mol. The fourth-order valence-corrected chi connectivity index (χ4v) is 2.66. The minimum atomic E-state index is -0.664. The quantitative estimate of drug-likeness (QED) is 0.200. The highest BCUT2D eigenvalue weighted by Crippen LogP contribution is 2.09. The normalized spacial score (nSPS) is 12.0. The third-order valence-electron chi connectivity index (χ3n) is 4.42. The second-order valence-corrected chi connectivity index (χ2v) is 7.19. The number of allylic oxidation sites excluding steroid dienone is 2. The van der Waals surface area contributed by atoms with Crippen LogP contribution in [-0.4, -0.2) is 35.4 Å². The summed E-state index contributed by atoms with van der Waals surface area (Å²) in [5.74, 6) is -0.664. The summed E-state index contributed by atoms with van der Waals surface area (Å²) in [6, 6.07) is 0. The van der Waals surface area contributed by atoms with E-state index < -0.39 is 12.1 Å². The molecule has 5 nitrogen and oxygen atoms in total. The standard InChI is InChI=1S/C18H34O2.C4H12N2O/c1-2-3-4-5-6-7-8-9-10-11-12-13-14-15-16-17-18(19)20;5-2-1-4(7)3-6/h9-10H,2-8,11-17H2,1H3,(H,19,20);4,7H,1-3,5-6H2. The predicted octanol–water partition coefficient (Wildman–Crippen LogP) is 4.76. The smallest absolute Gasteiger partial charge is 0.303 e. The highest BCUT2D eigenvalue weighted by atomic mass is 16.4. The van der Waals surface area contributed by atoms with E-state index in [-0.39, 0.29) is 0 Å². The van der Waals surface area contributed by atoms with Gasteiger partial charge < -0.3 is 21.7 Å². The molecule has 0 aromatic rings. The van der Waals surface area contributed by atoms with Gasteiger partial charge in [0.05, 0.1) is 6.10 Å². The lowest BCUT2D eigenvalue weighted by atomic mass is 10.1. The minimum Gasteiger partial charge on any atom is -0.481 e. The molecule has 0 aromatic carbocycles. The van der Waals surface area contributed by atoms with Crippen LogP contribution >= 0.6 is 0 Å². The van der Waals surface area contributed by atoms with E-state index in [0.717, 1.165) is 12.8 Å². The summed E-state index contributed by atoms with van der Waals surface area (Å²) in [6.07, 6.45) is 21.4. The SMILES string of the molecule is CCCCCCCCC=CCCCCCCCC(=O)O.NCCC(O)CN. The summed E-state index contributed by atoms with van der Waals surface area (Å²) in [5, 5.41) is 17.2. The molecular weight excluding hydrogens is 340 g/mol. The number of hydrogen-bond acceptors (Lipinski definition) is 4. The molecule has 6 N–H and O–H groups in total. The number of carboxylic acid groups (broad SMARTS) is 1. The Kier molecular flexibility index (Phi) is 26.3. The maximum Gasteiger partial charge on any atom is 0.303 e. The van der Waals surface area contributed by atoms with E-state index in [1.807, 2.05) is 0 Å². The van der Waals surface area contributed by atoms with Crippen molar-refractivity contribution in [2.45, 2.75) is 109 Å². The molecule has 0 saturated carbocycles. The third kappa shape index (κ3) is 30.1. The monoisotopic (exact) mass is 386 g/mol. The zero-order valence-electron chi connectivity index (χ0n) is 17.7. The van der Waals surface area contributed by atoms with Crippen LogP contribution in [0.2, 0.25) is 0 Å². The molecule has 1 unspecified atom stereocenters. The van der Waals surface area contributed by atoms with E-state index in [9.17, 15) is 4.79 Å². The van der Waals surface area contributed by atoms with E-state index in [1.54, 1.807) is 0 Å². The number of aliphatic hydroxyl groups excluding tert-OH is 1. The van der Waals surface area contributed by atoms with Gasteiger partial charge in [-0.2, -0.15) is 0 Å². The second-order valence-electron chi connectivity index (χ2n) is 7.19. The molecule has 0 fully saturated rings. The highest BCUT2D eigenvalue weighted by molar-refractivity contribution is 5.66. The lowest BCUT2D eigenvalue weighted by Crippen LogP contribution is -2.22. The summed E-state index contributed by atoms with van der Waals surface area (Å²) in [4.78, 5) is 10.3. The van der Waals surface area contributed by atoms with E-state index in [1.165, 1.54) is 70.6 Å². The van der Waals surface area contributed by atoms with Crippen molar-refractivity contribution >= 4 is 5.97 Å². The van der Waals surface area contributed by atoms with E-state index in [2.05, 4.69) is 19.1 Å². The second kappa shape index (κ2) is 25.1. The van der Waals surface area contributed by atoms with Gasteiger partial charge in [-0.05, 0) is 45.1 Å². The largest absolute Gasteiger partial charge is 0.481 e. The van der Waals surface area contributed by atoms with Crippen molar-refractivity contribution in [2.24, 2.45) is 11.5 Å². The molecule has 0 aliphatic rings. The number of hydrogen-bond donors (Lipinski definition) is 4. The number of aliphatic hydroxyl groups is 1. The van der Waals surface area contributed by atoms with Crippen LogP contribution in [0, 0.1) is 0 Å². The maximum absolute atomic E-state index is 10.3. The molecule has 162 valence electrons. The van der Waals surface area contributed by atoms with Crippen LogP contribution in [0.1, 0.15) is 103 Å². The highest BCUT2D eigenvalue weighted by Gasteiger charge is 1.96. The Morgan fingerprint density at radius 3 is 1.74 bits per heavy atom. The first-order valence-corrected chi connectivity index (χ1v) is 11.0. The van der Waals surface area contributed by atoms with E-state index in [0.29, 0.717) is 25.9 Å². The van der Waals surface area contributed by atoms with Crippen LogP contribution in [0.25, 0.3) is 0 Å². The Balaban J connectivity index is 0. The van der Waals surface area contributed by atoms with Crippen molar-refractivity contribution < 1.29 is 15.0 Å². The van der Waals surface area contributed by atoms with Gasteiger partial charge >= 0.3 is 5.97 Å². The molecule has 0 rings (SSSR count). The van der Waals surface area contributed by atoms with Gasteiger partial charge in [-0.3, -0.25) is 4.79 Å². The van der Waals surface area contributed by atoms with Gasteiger partial charge in [-0.25, -0.2) is 0 Å². The number of aliphatic carboxylic acids is 1. The number of rotatable bonds is 18. The van der Waals surface area contributed by atoms with Crippen LogP contribution < -0.4 is 11.5 Å². The third-order valence-corrected chi connectivity index (χ3v) is 4.42. The fraction of sp³-hybridized carbons (Fsp3) is 0.864. The molecular formula is C22H46N2O3. The number of carbonyl (C=O) groups is 1. The summed E-state index contributed by atoms with van der Waals surface area (Å²) in [7, 11) is 0. The zero-order chi connectivity index (χ0) is 20.6. The van der Waals surface area contributed by atoms with Crippen molar-refractivity contribution in [3.05, 3.63) is 12.2 Å². The van der Waals surface area contributed by atoms with Crippen LogP contribution in [-0.2, 0) is 4.79 Å². The predicted molar refractivity (Wildman–Crippen MR) is 116 cm³/mol. The Morgan fingerprint density at radius 1 is 0.852 bits per heavy atom. The first-order chi connectivity index (χ1) is 13.1. The molecule has 27 heavy (non-hydrogen) atoms. The van der Waals surface area contributed by atoms with Crippen LogP contribution in [0.4, 0.5) is 0 Å². The molecule has 0 aromatic heterocycles. The molecule has 0 aliphatic heterocycles. The molecule has 0 saturated heterocycles. The Hall–Kier alpha value is -0.910.